The van der Waals surface area contributed by atoms with E-state index in [4.69, 9.17) is 17.3 Å². The zero-order valence-corrected chi connectivity index (χ0v) is 13.4. The normalized spacial score (nSPS) is 12.5. The van der Waals surface area contributed by atoms with Gasteiger partial charge in [-0.1, -0.05) is 27.5 Å². The average molecular weight is 395 g/mol. The van der Waals surface area contributed by atoms with Gasteiger partial charge in [-0.05, 0) is 19.1 Å². The monoisotopic (exact) mass is 393 g/mol. The van der Waals surface area contributed by atoms with Crippen LogP contribution < -0.4 is 5.73 Å². The van der Waals surface area contributed by atoms with E-state index in [9.17, 15) is 18.7 Å². The minimum absolute atomic E-state index is 0. The lowest BCUT2D eigenvalue weighted by molar-refractivity contribution is -0.174. The molecule has 9 heteroatoms. The third-order valence-electron chi connectivity index (χ3n) is 2.36. The van der Waals surface area contributed by atoms with Gasteiger partial charge in [0.2, 0.25) is 0 Å². The zero-order chi connectivity index (χ0) is 14.8. The number of phenols is 1. The van der Waals surface area contributed by atoms with Crippen LogP contribution in [-0.2, 0) is 9.53 Å². The third kappa shape index (κ3) is 3.72. The van der Waals surface area contributed by atoms with Gasteiger partial charge in [0.1, 0.15) is 11.8 Å². The number of nitrogens with two attached hydrogens (primary N) is 1. The largest absolute Gasteiger partial charge is 0.506 e. The molecule has 0 saturated heterocycles. The van der Waals surface area contributed by atoms with Crippen molar-refractivity contribution in [1.82, 2.24) is 0 Å². The first-order valence-electron chi connectivity index (χ1n) is 5.20. The summed E-state index contributed by atoms with van der Waals surface area (Å²) in [5, 5.41) is 9.55. The van der Waals surface area contributed by atoms with Crippen molar-refractivity contribution in [2.45, 2.75) is 18.9 Å². The van der Waals surface area contributed by atoms with Gasteiger partial charge in [0, 0.05) is 10.0 Å². The van der Waals surface area contributed by atoms with Gasteiger partial charge >= 0.3 is 11.9 Å². The number of aromatic hydroxyl groups is 1. The molecular weight excluding hydrogens is 383 g/mol. The second kappa shape index (κ2) is 7.40. The summed E-state index contributed by atoms with van der Waals surface area (Å²) in [5.74, 6) is -6.35. The van der Waals surface area contributed by atoms with Crippen LogP contribution in [0.4, 0.5) is 8.78 Å². The van der Waals surface area contributed by atoms with E-state index in [0.717, 1.165) is 0 Å². The summed E-state index contributed by atoms with van der Waals surface area (Å²) >= 11 is 8.61. The number of phenolic OH excluding ortho intramolecular Hbond substituents is 1. The lowest BCUT2D eigenvalue weighted by Gasteiger charge is -2.23. The first-order valence-corrected chi connectivity index (χ1v) is 6.38. The Balaban J connectivity index is 0.00000361. The SMILES string of the molecule is CCOC(=O)C(F)(F)[C@@H](N)c1c(Br)ccc(Cl)c1O.Cl. The van der Waals surface area contributed by atoms with E-state index in [2.05, 4.69) is 20.7 Å². The molecule has 1 aromatic rings. The van der Waals surface area contributed by atoms with Crippen LogP contribution in [0, 0.1) is 0 Å². The van der Waals surface area contributed by atoms with Crippen LogP contribution in [0.3, 0.4) is 0 Å². The highest BCUT2D eigenvalue weighted by Gasteiger charge is 2.49. The molecule has 0 radical (unpaired) electrons. The number of hydrogen-bond acceptors (Lipinski definition) is 4. The number of rotatable bonds is 4. The van der Waals surface area contributed by atoms with Crippen molar-refractivity contribution < 1.29 is 23.4 Å². The second-order valence-corrected chi connectivity index (χ2v) is 4.87. The number of ether oxygens (including phenoxy) is 1. The van der Waals surface area contributed by atoms with Crippen LogP contribution in [-0.4, -0.2) is 23.6 Å². The third-order valence-corrected chi connectivity index (χ3v) is 3.36. The van der Waals surface area contributed by atoms with Crippen LogP contribution in [0.15, 0.2) is 16.6 Å². The van der Waals surface area contributed by atoms with Crippen LogP contribution in [0.5, 0.6) is 5.75 Å². The van der Waals surface area contributed by atoms with Crippen LogP contribution in [0.2, 0.25) is 5.02 Å². The molecule has 0 saturated carbocycles. The standard InChI is InChI=1S/C11H11BrClF2NO3.ClH/c1-2-19-10(18)11(14,15)9(16)7-5(12)3-4-6(13)8(7)17;/h3-4,9,17H,2,16H2,1H3;1H/t9-;/m0./s1. The number of benzene rings is 1. The fraction of sp³-hybridized carbons (Fsp3) is 0.364. The van der Waals surface area contributed by atoms with Crippen LogP contribution in [0.1, 0.15) is 18.5 Å². The van der Waals surface area contributed by atoms with Gasteiger partial charge in [-0.15, -0.1) is 12.4 Å². The minimum Gasteiger partial charge on any atom is -0.506 e. The Morgan fingerprint density at radius 2 is 2.15 bits per heavy atom. The van der Waals surface area contributed by atoms with Crippen molar-refractivity contribution in [3.8, 4) is 5.75 Å². The van der Waals surface area contributed by atoms with Crippen LogP contribution in [0.25, 0.3) is 0 Å². The Morgan fingerprint density at radius 1 is 1.60 bits per heavy atom. The summed E-state index contributed by atoms with van der Waals surface area (Å²) in [6.07, 6.45) is 0. The molecule has 1 aromatic carbocycles. The molecule has 0 heterocycles. The molecule has 1 rings (SSSR count). The van der Waals surface area contributed by atoms with Gasteiger partial charge in [-0.2, -0.15) is 8.78 Å². The maximum Gasteiger partial charge on any atom is 0.379 e. The summed E-state index contributed by atoms with van der Waals surface area (Å²) < 4.78 is 32.0. The Labute approximate surface area is 133 Å². The topological polar surface area (TPSA) is 72.5 Å². The van der Waals surface area contributed by atoms with E-state index in [-0.39, 0.29) is 34.1 Å². The van der Waals surface area contributed by atoms with Crippen molar-refractivity contribution >= 4 is 45.9 Å². The van der Waals surface area contributed by atoms with E-state index >= 15 is 0 Å². The van der Waals surface area contributed by atoms with E-state index in [1.54, 1.807) is 0 Å². The van der Waals surface area contributed by atoms with Crippen molar-refractivity contribution in [2.24, 2.45) is 5.73 Å². The fourth-order valence-corrected chi connectivity index (χ4v) is 2.12. The molecule has 20 heavy (non-hydrogen) atoms. The Kier molecular flexibility index (Phi) is 7.17. The van der Waals surface area contributed by atoms with Gasteiger partial charge < -0.3 is 15.6 Å². The smallest absolute Gasteiger partial charge is 0.379 e. The average Bonchev–Trinajstić information content (AvgIpc) is 2.34. The van der Waals surface area contributed by atoms with E-state index < -0.39 is 23.7 Å². The Hall–Kier alpha value is -0.630. The minimum atomic E-state index is -3.99. The highest BCUT2D eigenvalue weighted by molar-refractivity contribution is 9.10. The lowest BCUT2D eigenvalue weighted by atomic mass is 10.0. The molecule has 0 aromatic heterocycles. The summed E-state index contributed by atoms with van der Waals surface area (Å²) in [6.45, 7) is 1.19. The zero-order valence-electron chi connectivity index (χ0n) is 10.2. The Morgan fingerprint density at radius 3 is 2.65 bits per heavy atom. The van der Waals surface area contributed by atoms with E-state index in [0.29, 0.717) is 0 Å². The molecule has 0 spiro atoms. The molecule has 0 aliphatic carbocycles. The summed E-state index contributed by atoms with van der Waals surface area (Å²) in [5.41, 5.74) is 5.02. The first-order chi connectivity index (χ1) is 8.73. The van der Waals surface area contributed by atoms with E-state index in [1.807, 2.05) is 0 Å². The maximum absolute atomic E-state index is 13.8. The van der Waals surface area contributed by atoms with Gasteiger partial charge in [0.15, 0.2) is 0 Å². The van der Waals surface area contributed by atoms with Crippen molar-refractivity contribution in [3.63, 3.8) is 0 Å². The molecular formula is C11H12BrCl2F2NO3. The van der Waals surface area contributed by atoms with E-state index in [1.165, 1.54) is 19.1 Å². The number of hydrogen-bond donors (Lipinski definition) is 2. The van der Waals surface area contributed by atoms with Gasteiger partial charge in [-0.25, -0.2) is 4.79 Å². The molecule has 0 amide bonds. The molecule has 4 nitrogen and oxygen atoms in total. The molecule has 0 aliphatic heterocycles. The first kappa shape index (κ1) is 19.4. The maximum atomic E-state index is 13.8. The number of carbonyl (C=O) groups excluding carboxylic acids is 1. The molecule has 1 atom stereocenters. The molecule has 0 unspecified atom stereocenters. The number of esters is 1. The quantitative estimate of drug-likeness (QED) is 0.767. The van der Waals surface area contributed by atoms with Crippen molar-refractivity contribution in [2.75, 3.05) is 6.61 Å². The highest BCUT2D eigenvalue weighted by atomic mass is 79.9. The lowest BCUT2D eigenvalue weighted by Crippen LogP contribution is -2.42. The summed E-state index contributed by atoms with van der Waals surface area (Å²) in [4.78, 5) is 11.2. The van der Waals surface area contributed by atoms with Crippen molar-refractivity contribution in [3.05, 3.63) is 27.2 Å². The molecule has 0 bridgehead atoms. The van der Waals surface area contributed by atoms with Crippen LogP contribution >= 0.6 is 39.9 Å². The second-order valence-electron chi connectivity index (χ2n) is 3.61. The summed E-state index contributed by atoms with van der Waals surface area (Å²) in [6, 6.07) is 0.567. The fourth-order valence-electron chi connectivity index (χ4n) is 1.39. The number of carbonyl (C=O) groups is 1. The molecule has 3 N–H and O–H groups in total. The predicted octanol–water partition coefficient (Wildman–Crippen LogP) is 3.43. The van der Waals surface area contributed by atoms with Gasteiger partial charge in [-0.3, -0.25) is 0 Å². The molecule has 0 fully saturated rings. The number of alkyl halides is 2. The van der Waals surface area contributed by atoms with Gasteiger partial charge in [0.05, 0.1) is 11.6 Å². The molecule has 0 aliphatic rings. The molecule has 114 valence electrons. The number of halogens is 5. The predicted molar refractivity (Wildman–Crippen MR) is 76.6 cm³/mol. The highest BCUT2D eigenvalue weighted by Crippen LogP contribution is 2.42. The van der Waals surface area contributed by atoms with Crippen molar-refractivity contribution in [1.29, 1.82) is 0 Å². The van der Waals surface area contributed by atoms with Gasteiger partial charge in [0.25, 0.3) is 0 Å². The summed E-state index contributed by atoms with van der Waals surface area (Å²) in [7, 11) is 0. The Bertz CT molecular complexity index is 503.